The number of hydrogen-bond donors (Lipinski definition) is 2. The van der Waals surface area contributed by atoms with Crippen LogP contribution in [0.1, 0.15) is 44.8 Å². The minimum absolute atomic E-state index is 0.0755. The lowest BCUT2D eigenvalue weighted by molar-refractivity contribution is -0.163. The second kappa shape index (κ2) is 16.4. The van der Waals surface area contributed by atoms with Crippen LogP contribution in [0.15, 0.2) is 54.6 Å². The van der Waals surface area contributed by atoms with Gasteiger partial charge in [-0.05, 0) is 24.3 Å². The molecule has 3 saturated heterocycles. The molecule has 0 bridgehead atoms. The standard InChI is InChI=1S/C38H52N4O9/c1-25(2)22-27(23-43)42-34-36(46)41(17-16-40-18-20-49-21-19-40)15-9-14-38(34)32(35(42)45)31-29(51-38)12-7-8-13-30(44)39-28(24-48-3)33(50-37(31)47)26-10-5-4-6-11-26/h4-7,9-12,14,25,27-29,31-34,43H,8,13,15-24H2,1-3H3,(H,39,44)/b12-7-/t27-,28-,29-,31+,32+,33-,34-,38+/m1/s1. The van der Waals surface area contributed by atoms with Gasteiger partial charge < -0.3 is 39.2 Å². The Hall–Kier alpha value is -3.62. The van der Waals surface area contributed by atoms with Gasteiger partial charge in [-0.2, -0.15) is 0 Å². The van der Waals surface area contributed by atoms with E-state index in [0.717, 1.165) is 13.1 Å². The Bertz CT molecular complexity index is 1460. The highest BCUT2D eigenvalue weighted by molar-refractivity contribution is 5.99. The van der Waals surface area contributed by atoms with Crippen molar-refractivity contribution in [2.45, 2.75) is 69.0 Å². The van der Waals surface area contributed by atoms with Gasteiger partial charge in [0.25, 0.3) is 0 Å². The lowest BCUT2D eigenvalue weighted by Crippen LogP contribution is -2.59. The van der Waals surface area contributed by atoms with Crippen LogP contribution in [0.2, 0.25) is 0 Å². The van der Waals surface area contributed by atoms with Crippen molar-refractivity contribution in [2.24, 2.45) is 17.8 Å². The van der Waals surface area contributed by atoms with Crippen molar-refractivity contribution in [3.63, 3.8) is 0 Å². The molecule has 5 heterocycles. The first-order valence-corrected chi connectivity index (χ1v) is 18.3. The van der Waals surface area contributed by atoms with Crippen LogP contribution < -0.4 is 5.32 Å². The fourth-order valence-electron chi connectivity index (χ4n) is 8.38. The number of carbonyl (C=O) groups excluding carboxylic acids is 4. The first-order chi connectivity index (χ1) is 24.7. The number of aliphatic hydroxyl groups excluding tert-OH is 1. The minimum atomic E-state index is -1.49. The van der Waals surface area contributed by atoms with Crippen LogP contribution in [-0.4, -0.2) is 140 Å². The van der Waals surface area contributed by atoms with Gasteiger partial charge in [-0.25, -0.2) is 0 Å². The van der Waals surface area contributed by atoms with Gasteiger partial charge >= 0.3 is 5.97 Å². The number of cyclic esters (lactones) is 1. The summed E-state index contributed by atoms with van der Waals surface area (Å²) in [5, 5.41) is 13.7. The number of methoxy groups -OCH3 is 1. The molecule has 13 nitrogen and oxygen atoms in total. The number of aliphatic hydroxyl groups is 1. The van der Waals surface area contributed by atoms with Crippen molar-refractivity contribution in [1.82, 2.24) is 20.0 Å². The second-order valence-electron chi connectivity index (χ2n) is 14.6. The number of amides is 3. The summed E-state index contributed by atoms with van der Waals surface area (Å²) >= 11 is 0. The third-order valence-electron chi connectivity index (χ3n) is 10.7. The topological polar surface area (TPSA) is 147 Å². The van der Waals surface area contributed by atoms with Crippen LogP contribution in [0.3, 0.4) is 0 Å². The highest BCUT2D eigenvalue weighted by Crippen LogP contribution is 2.54. The second-order valence-corrected chi connectivity index (χ2v) is 14.6. The first-order valence-electron chi connectivity index (χ1n) is 18.3. The van der Waals surface area contributed by atoms with E-state index < -0.39 is 59.6 Å². The number of morpholine rings is 1. The van der Waals surface area contributed by atoms with Gasteiger partial charge in [0.05, 0.1) is 50.5 Å². The number of carbonyl (C=O) groups is 4. The maximum atomic E-state index is 14.9. The number of benzene rings is 1. The summed E-state index contributed by atoms with van der Waals surface area (Å²) in [6, 6.07) is 6.65. The molecule has 6 rings (SSSR count). The maximum absolute atomic E-state index is 14.9. The molecular formula is C38H52N4O9. The van der Waals surface area contributed by atoms with Gasteiger partial charge in [-0.3, -0.25) is 24.1 Å². The molecule has 0 unspecified atom stereocenters. The lowest BCUT2D eigenvalue weighted by atomic mass is 9.77. The molecule has 51 heavy (non-hydrogen) atoms. The number of ether oxygens (including phenoxy) is 4. The van der Waals surface area contributed by atoms with E-state index in [4.69, 9.17) is 18.9 Å². The molecular weight excluding hydrogens is 656 g/mol. The van der Waals surface area contributed by atoms with Crippen molar-refractivity contribution < 1.29 is 43.2 Å². The third kappa shape index (κ3) is 7.64. The number of hydrogen-bond acceptors (Lipinski definition) is 10. The summed E-state index contributed by atoms with van der Waals surface area (Å²) in [5.41, 5.74) is -0.839. The number of allylic oxidation sites excluding steroid dienone is 1. The Labute approximate surface area is 299 Å². The van der Waals surface area contributed by atoms with E-state index in [2.05, 4.69) is 10.2 Å². The predicted molar refractivity (Wildman–Crippen MR) is 186 cm³/mol. The Morgan fingerprint density at radius 1 is 1.04 bits per heavy atom. The van der Waals surface area contributed by atoms with Crippen LogP contribution in [0.4, 0.5) is 0 Å². The summed E-state index contributed by atoms with van der Waals surface area (Å²) in [6.45, 7) is 7.95. The molecule has 1 aromatic carbocycles. The summed E-state index contributed by atoms with van der Waals surface area (Å²) in [5.74, 6) is -3.69. The number of nitrogens with one attached hydrogen (secondary N) is 1. The molecule has 1 aromatic rings. The monoisotopic (exact) mass is 708 g/mol. The molecule has 0 aliphatic carbocycles. The predicted octanol–water partition coefficient (Wildman–Crippen LogP) is 1.47. The van der Waals surface area contributed by atoms with Crippen molar-refractivity contribution in [1.29, 1.82) is 0 Å². The summed E-state index contributed by atoms with van der Waals surface area (Å²) in [7, 11) is 1.51. The molecule has 5 aliphatic heterocycles. The molecule has 0 radical (unpaired) electrons. The molecule has 3 amide bonds. The summed E-state index contributed by atoms with van der Waals surface area (Å²) in [4.78, 5) is 62.9. The third-order valence-corrected chi connectivity index (χ3v) is 10.7. The van der Waals surface area contributed by atoms with Crippen molar-refractivity contribution in [3.05, 3.63) is 60.2 Å². The average Bonchev–Trinajstić information content (AvgIpc) is 3.52. The summed E-state index contributed by atoms with van der Waals surface area (Å²) < 4.78 is 24.2. The minimum Gasteiger partial charge on any atom is -0.455 e. The number of fused-ring (bicyclic) bond motifs is 2. The van der Waals surface area contributed by atoms with Crippen molar-refractivity contribution >= 4 is 23.7 Å². The molecule has 0 aromatic heterocycles. The Balaban J connectivity index is 1.41. The SMILES string of the molecule is COC[C@H]1NC(=O)CC/C=C\[C@H]2O[C@]34C=CCN(CCN5CCOCC5)C(=O)[C@H]3N([C@@H](CO)CC(C)C)C(=O)[C@@H]4[C@H]2C(=O)O[C@@H]1c1ccccc1. The normalized spacial score (nSPS) is 33.0. The Morgan fingerprint density at radius 3 is 2.51 bits per heavy atom. The van der Waals surface area contributed by atoms with Gasteiger partial charge in [0.1, 0.15) is 23.7 Å². The van der Waals surface area contributed by atoms with Crippen molar-refractivity contribution in [2.75, 3.05) is 66.3 Å². The molecule has 2 N–H and O–H groups in total. The van der Waals surface area contributed by atoms with Gasteiger partial charge in [0.15, 0.2) is 0 Å². The quantitative estimate of drug-likeness (QED) is 0.271. The van der Waals surface area contributed by atoms with Gasteiger partial charge in [-0.1, -0.05) is 68.5 Å². The van der Waals surface area contributed by atoms with E-state index in [1.807, 2.05) is 50.3 Å². The molecule has 8 atom stereocenters. The van der Waals surface area contributed by atoms with E-state index in [1.165, 1.54) is 12.0 Å². The van der Waals surface area contributed by atoms with E-state index in [-0.39, 0.29) is 37.4 Å². The fourth-order valence-corrected chi connectivity index (χ4v) is 8.38. The van der Waals surface area contributed by atoms with Crippen LogP contribution in [0, 0.1) is 17.8 Å². The number of rotatable bonds is 10. The fraction of sp³-hybridized carbons (Fsp3) is 0.632. The molecule has 278 valence electrons. The molecule has 0 saturated carbocycles. The average molecular weight is 709 g/mol. The van der Waals surface area contributed by atoms with E-state index >= 15 is 0 Å². The van der Waals surface area contributed by atoms with Crippen molar-refractivity contribution in [3.8, 4) is 0 Å². The van der Waals surface area contributed by atoms with E-state index in [1.54, 1.807) is 23.1 Å². The highest BCUT2D eigenvalue weighted by atomic mass is 16.6. The van der Waals surface area contributed by atoms with Gasteiger partial charge in [0.2, 0.25) is 17.7 Å². The van der Waals surface area contributed by atoms with Crippen LogP contribution in [-0.2, 0) is 38.1 Å². The molecule has 1 spiro atoms. The molecule has 5 aliphatic rings. The number of nitrogens with zero attached hydrogens (tertiary/aromatic N) is 3. The van der Waals surface area contributed by atoms with E-state index in [0.29, 0.717) is 51.3 Å². The molecule has 3 fully saturated rings. The highest BCUT2D eigenvalue weighted by Gasteiger charge is 2.72. The maximum Gasteiger partial charge on any atom is 0.313 e. The zero-order chi connectivity index (χ0) is 36.1. The van der Waals surface area contributed by atoms with Crippen LogP contribution >= 0.6 is 0 Å². The Kier molecular flexibility index (Phi) is 11.9. The Morgan fingerprint density at radius 2 is 1.80 bits per heavy atom. The summed E-state index contributed by atoms with van der Waals surface area (Å²) in [6.07, 6.45) is 6.34. The number of likely N-dealkylation sites (tertiary alicyclic amines) is 1. The first kappa shape index (κ1) is 37.1. The van der Waals surface area contributed by atoms with E-state index in [9.17, 15) is 24.3 Å². The smallest absolute Gasteiger partial charge is 0.313 e. The zero-order valence-electron chi connectivity index (χ0n) is 29.9. The zero-order valence-corrected chi connectivity index (χ0v) is 29.9. The molecule has 13 heteroatoms. The lowest BCUT2D eigenvalue weighted by Gasteiger charge is -2.39. The van der Waals surface area contributed by atoms with Gasteiger partial charge in [0, 0.05) is 46.3 Å². The van der Waals surface area contributed by atoms with Crippen LogP contribution in [0.25, 0.3) is 0 Å². The van der Waals surface area contributed by atoms with Crippen LogP contribution in [0.5, 0.6) is 0 Å². The van der Waals surface area contributed by atoms with Gasteiger partial charge in [-0.15, -0.1) is 0 Å². The largest absolute Gasteiger partial charge is 0.455 e. The number of esters is 1.